The lowest BCUT2D eigenvalue weighted by Gasteiger charge is -2.15. The van der Waals surface area contributed by atoms with Gasteiger partial charge in [-0.1, -0.05) is 23.7 Å². The molecule has 1 heterocycles. The van der Waals surface area contributed by atoms with Gasteiger partial charge in [0.15, 0.2) is 0 Å². The van der Waals surface area contributed by atoms with Crippen molar-refractivity contribution >= 4 is 22.9 Å². The average Bonchev–Trinajstić information content (AvgIpc) is 2.78. The molecule has 0 fully saturated rings. The number of likely N-dealkylation sites (N-methyl/N-ethyl adjacent to an activating group) is 1. The molecule has 0 bridgehead atoms. The van der Waals surface area contributed by atoms with Crippen LogP contribution in [-0.4, -0.2) is 12.0 Å². The van der Waals surface area contributed by atoms with Crippen LogP contribution in [0.3, 0.4) is 0 Å². The van der Waals surface area contributed by atoms with E-state index in [4.69, 9.17) is 11.6 Å². The van der Waals surface area contributed by atoms with Crippen LogP contribution in [0, 0.1) is 12.7 Å². The van der Waals surface area contributed by atoms with Gasteiger partial charge < -0.3 is 5.32 Å². The molecule has 1 N–H and O–H groups in total. The fourth-order valence-corrected chi connectivity index (χ4v) is 2.69. The molecule has 2 nitrogen and oxygen atoms in total. The first kappa shape index (κ1) is 13.5. The zero-order valence-corrected chi connectivity index (χ0v) is 11.8. The van der Waals surface area contributed by atoms with Crippen LogP contribution in [0.25, 0.3) is 0 Å². The number of hydrogen-bond acceptors (Lipinski definition) is 3. The van der Waals surface area contributed by atoms with Crippen LogP contribution < -0.4 is 5.32 Å². The number of halogens is 2. The van der Waals surface area contributed by atoms with Crippen LogP contribution >= 0.6 is 22.9 Å². The van der Waals surface area contributed by atoms with Gasteiger partial charge in [0.05, 0.1) is 21.8 Å². The average molecular weight is 285 g/mol. The van der Waals surface area contributed by atoms with Crippen LogP contribution in [0.5, 0.6) is 0 Å². The van der Waals surface area contributed by atoms with Crippen LogP contribution in [0.1, 0.15) is 22.3 Å². The molecule has 1 atom stereocenters. The van der Waals surface area contributed by atoms with Crippen molar-refractivity contribution in [1.82, 2.24) is 10.3 Å². The first-order valence-corrected chi connectivity index (χ1v) is 6.89. The summed E-state index contributed by atoms with van der Waals surface area (Å²) in [7, 11) is 1.87. The maximum absolute atomic E-state index is 13.4. The SMILES string of the molecule is CNC(Cc1cccc(F)c1Cl)c1csc(C)n1. The molecule has 1 aromatic heterocycles. The van der Waals surface area contributed by atoms with E-state index in [-0.39, 0.29) is 16.9 Å². The summed E-state index contributed by atoms with van der Waals surface area (Å²) in [4.78, 5) is 4.45. The molecule has 1 unspecified atom stereocenters. The molecule has 0 aliphatic heterocycles. The van der Waals surface area contributed by atoms with Crippen LogP contribution in [-0.2, 0) is 6.42 Å². The second-order valence-corrected chi connectivity index (χ2v) is 5.49. The fourth-order valence-electron chi connectivity index (χ4n) is 1.82. The highest BCUT2D eigenvalue weighted by molar-refractivity contribution is 7.09. The van der Waals surface area contributed by atoms with E-state index in [1.807, 2.05) is 25.4 Å². The minimum atomic E-state index is -0.376. The smallest absolute Gasteiger partial charge is 0.142 e. The molecule has 2 rings (SSSR count). The van der Waals surface area contributed by atoms with Crippen molar-refractivity contribution < 1.29 is 4.39 Å². The van der Waals surface area contributed by atoms with E-state index >= 15 is 0 Å². The Morgan fingerprint density at radius 1 is 1.50 bits per heavy atom. The Bertz CT molecular complexity index is 542. The van der Waals surface area contributed by atoms with Gasteiger partial charge in [0.25, 0.3) is 0 Å². The van der Waals surface area contributed by atoms with Crippen molar-refractivity contribution in [1.29, 1.82) is 0 Å². The number of hydrogen-bond donors (Lipinski definition) is 1. The number of thiazole rings is 1. The van der Waals surface area contributed by atoms with E-state index < -0.39 is 0 Å². The van der Waals surface area contributed by atoms with Crippen LogP contribution in [0.2, 0.25) is 5.02 Å². The van der Waals surface area contributed by atoms with E-state index in [0.29, 0.717) is 6.42 Å². The second-order valence-electron chi connectivity index (χ2n) is 4.05. The zero-order valence-electron chi connectivity index (χ0n) is 10.2. The van der Waals surface area contributed by atoms with E-state index in [0.717, 1.165) is 16.3 Å². The highest BCUT2D eigenvalue weighted by Gasteiger charge is 2.16. The van der Waals surface area contributed by atoms with Crippen molar-refractivity contribution in [3.8, 4) is 0 Å². The molecule has 1 aromatic carbocycles. The summed E-state index contributed by atoms with van der Waals surface area (Å²) < 4.78 is 13.4. The Morgan fingerprint density at radius 2 is 2.28 bits per heavy atom. The van der Waals surface area contributed by atoms with Crippen molar-refractivity contribution in [3.05, 3.63) is 50.7 Å². The molecule has 18 heavy (non-hydrogen) atoms. The summed E-state index contributed by atoms with van der Waals surface area (Å²) >= 11 is 7.57. The van der Waals surface area contributed by atoms with Gasteiger partial charge in [-0.2, -0.15) is 0 Å². The van der Waals surface area contributed by atoms with Crippen LogP contribution in [0.4, 0.5) is 4.39 Å². The molecular weight excluding hydrogens is 271 g/mol. The largest absolute Gasteiger partial charge is 0.311 e. The maximum atomic E-state index is 13.4. The molecule has 96 valence electrons. The molecular formula is C13H14ClFN2S. The fraction of sp³-hybridized carbons (Fsp3) is 0.308. The van der Waals surface area contributed by atoms with E-state index in [1.54, 1.807) is 17.4 Å². The highest BCUT2D eigenvalue weighted by atomic mass is 35.5. The maximum Gasteiger partial charge on any atom is 0.142 e. The minimum Gasteiger partial charge on any atom is -0.311 e. The number of nitrogens with one attached hydrogen (secondary N) is 1. The Hall–Kier alpha value is -0.970. The number of nitrogens with zero attached hydrogens (tertiary/aromatic N) is 1. The summed E-state index contributed by atoms with van der Waals surface area (Å²) in [6.45, 7) is 1.97. The molecule has 0 radical (unpaired) electrons. The summed E-state index contributed by atoms with van der Waals surface area (Å²) in [5, 5.41) is 6.43. The standard InChI is InChI=1S/C13H14ClFN2S/c1-8-17-12(7-18-8)11(16-2)6-9-4-3-5-10(15)13(9)14/h3-5,7,11,16H,6H2,1-2H3. The molecule has 0 saturated carbocycles. The zero-order chi connectivity index (χ0) is 13.1. The van der Waals surface area contributed by atoms with Crippen LogP contribution in [0.15, 0.2) is 23.6 Å². The van der Waals surface area contributed by atoms with Crippen molar-refractivity contribution in [2.24, 2.45) is 0 Å². The Kier molecular flexibility index (Phi) is 4.32. The van der Waals surface area contributed by atoms with Gasteiger partial charge in [-0.3, -0.25) is 0 Å². The summed E-state index contributed by atoms with van der Waals surface area (Å²) in [6, 6.07) is 4.94. The third-order valence-corrected chi connectivity index (χ3v) is 4.01. The lowest BCUT2D eigenvalue weighted by atomic mass is 10.0. The second kappa shape index (κ2) is 5.78. The van der Waals surface area contributed by atoms with E-state index in [2.05, 4.69) is 10.3 Å². The third-order valence-electron chi connectivity index (χ3n) is 2.80. The topological polar surface area (TPSA) is 24.9 Å². The lowest BCUT2D eigenvalue weighted by Crippen LogP contribution is -2.19. The quantitative estimate of drug-likeness (QED) is 0.925. The number of benzene rings is 1. The first-order valence-electron chi connectivity index (χ1n) is 5.64. The Labute approximate surface area is 115 Å². The molecule has 2 aromatic rings. The predicted molar refractivity (Wildman–Crippen MR) is 73.8 cm³/mol. The number of aromatic nitrogens is 1. The summed E-state index contributed by atoms with van der Waals surface area (Å²) in [5.74, 6) is -0.376. The van der Waals surface area contributed by atoms with Gasteiger partial charge in [0.1, 0.15) is 5.82 Å². The van der Waals surface area contributed by atoms with Gasteiger partial charge in [-0.15, -0.1) is 11.3 Å². The summed E-state index contributed by atoms with van der Waals surface area (Å²) in [5.41, 5.74) is 1.77. The predicted octanol–water partition coefficient (Wildman–Crippen LogP) is 3.75. The lowest BCUT2D eigenvalue weighted by molar-refractivity contribution is 0.572. The molecule has 0 aliphatic rings. The van der Waals surface area contributed by atoms with Gasteiger partial charge in [0, 0.05) is 5.38 Å². The van der Waals surface area contributed by atoms with Gasteiger partial charge >= 0.3 is 0 Å². The van der Waals surface area contributed by atoms with E-state index in [1.165, 1.54) is 6.07 Å². The van der Waals surface area contributed by atoms with Gasteiger partial charge in [-0.25, -0.2) is 9.37 Å². The van der Waals surface area contributed by atoms with Gasteiger partial charge in [0.2, 0.25) is 0 Å². The monoisotopic (exact) mass is 284 g/mol. The van der Waals surface area contributed by atoms with Crippen molar-refractivity contribution in [2.45, 2.75) is 19.4 Å². The molecule has 0 aliphatic carbocycles. The summed E-state index contributed by atoms with van der Waals surface area (Å²) in [6.07, 6.45) is 0.621. The Morgan fingerprint density at radius 3 is 2.89 bits per heavy atom. The molecule has 0 amide bonds. The number of aryl methyl sites for hydroxylation is 1. The van der Waals surface area contributed by atoms with Gasteiger partial charge in [-0.05, 0) is 32.0 Å². The normalized spacial score (nSPS) is 12.7. The Balaban J connectivity index is 2.23. The third kappa shape index (κ3) is 2.88. The first-order chi connectivity index (χ1) is 8.61. The van der Waals surface area contributed by atoms with Crippen molar-refractivity contribution in [2.75, 3.05) is 7.05 Å². The molecule has 0 spiro atoms. The van der Waals surface area contributed by atoms with E-state index in [9.17, 15) is 4.39 Å². The van der Waals surface area contributed by atoms with Crippen molar-refractivity contribution in [3.63, 3.8) is 0 Å². The molecule has 5 heteroatoms. The molecule has 0 saturated heterocycles. The highest BCUT2D eigenvalue weighted by Crippen LogP contribution is 2.26. The number of rotatable bonds is 4. The minimum absolute atomic E-state index is 0.0502.